The van der Waals surface area contributed by atoms with Crippen LogP contribution in [-0.4, -0.2) is 50.1 Å². The van der Waals surface area contributed by atoms with Crippen molar-refractivity contribution in [2.45, 2.75) is 50.9 Å². The number of alkyl halides is 5. The number of aryl methyl sites for hydroxylation is 1. The average molecular weight is 853 g/mol. The predicted octanol–water partition coefficient (Wildman–Crippen LogP) is 8.59. The number of fused-ring (bicyclic) bond motifs is 3. The highest BCUT2D eigenvalue weighted by Crippen LogP contribution is 2.55. The van der Waals surface area contributed by atoms with Crippen molar-refractivity contribution in [1.82, 2.24) is 34.8 Å². The molecular weight excluding hydrogens is 818 g/mol. The van der Waals surface area contributed by atoms with Crippen LogP contribution in [-0.2, 0) is 46.9 Å². The van der Waals surface area contributed by atoms with E-state index in [1.54, 1.807) is 37.4 Å². The Hall–Kier alpha value is -6.24. The van der Waals surface area contributed by atoms with Crippen molar-refractivity contribution in [1.29, 1.82) is 0 Å². The largest absolute Gasteiger partial charge is 0.435 e. The number of aromatic nitrogens is 6. The number of amides is 1. The van der Waals surface area contributed by atoms with Crippen molar-refractivity contribution in [3.63, 3.8) is 0 Å². The second-order valence-corrected chi connectivity index (χ2v) is 16.8. The van der Waals surface area contributed by atoms with Crippen LogP contribution in [0.2, 0.25) is 0 Å². The molecule has 312 valence electrons. The summed E-state index contributed by atoms with van der Waals surface area (Å²) in [6, 6.07) is 19.1. The van der Waals surface area contributed by atoms with Crippen LogP contribution in [0.1, 0.15) is 54.0 Å². The van der Waals surface area contributed by atoms with Gasteiger partial charge in [-0.3, -0.25) is 18.9 Å². The van der Waals surface area contributed by atoms with Gasteiger partial charge in [0.15, 0.2) is 11.5 Å². The maximum absolute atomic E-state index is 15.7. The highest BCUT2D eigenvalue weighted by Gasteiger charge is 2.57. The summed E-state index contributed by atoms with van der Waals surface area (Å²) in [5.74, 6) is -9.42. The van der Waals surface area contributed by atoms with Crippen molar-refractivity contribution >= 4 is 43.7 Å². The summed E-state index contributed by atoms with van der Waals surface area (Å²) in [5.41, 5.74) is 0.474. The molecule has 3 N–H and O–H groups in total. The van der Waals surface area contributed by atoms with Crippen molar-refractivity contribution in [2.24, 2.45) is 13.0 Å². The fourth-order valence-corrected chi connectivity index (χ4v) is 8.55. The third kappa shape index (κ3) is 7.34. The van der Waals surface area contributed by atoms with Crippen LogP contribution in [0.4, 0.5) is 36.6 Å². The first-order valence-corrected chi connectivity index (χ1v) is 20.4. The number of carbonyl (C=O) groups is 1. The van der Waals surface area contributed by atoms with E-state index in [2.05, 4.69) is 25.2 Å². The Kier molecular flexibility index (Phi) is 9.79. The highest BCUT2D eigenvalue weighted by molar-refractivity contribution is 7.92. The number of nitrogens with zero attached hydrogens (tertiary/aromatic N) is 5. The van der Waals surface area contributed by atoms with E-state index in [0.717, 1.165) is 30.9 Å². The lowest BCUT2D eigenvalue weighted by Crippen LogP contribution is -2.35. The van der Waals surface area contributed by atoms with Crippen LogP contribution in [0.5, 0.6) is 0 Å². The number of aromatic amines is 1. The molecular formula is C41H35F7N8O3S. The Balaban J connectivity index is 1.31. The Morgan fingerprint density at radius 2 is 1.65 bits per heavy atom. The molecule has 0 bridgehead atoms. The fourth-order valence-electron chi connectivity index (χ4n) is 8.05. The number of rotatable bonds is 10. The molecule has 7 aromatic rings. The molecule has 3 atom stereocenters. The summed E-state index contributed by atoms with van der Waals surface area (Å²) in [6.45, 7) is 1.30. The zero-order valence-electron chi connectivity index (χ0n) is 32.2. The van der Waals surface area contributed by atoms with Gasteiger partial charge in [-0.1, -0.05) is 56.3 Å². The Morgan fingerprint density at radius 1 is 0.950 bits per heavy atom. The number of benzene rings is 3. The summed E-state index contributed by atoms with van der Waals surface area (Å²) < 4.78 is 132. The molecule has 8 rings (SSSR count). The van der Waals surface area contributed by atoms with E-state index in [-0.39, 0.29) is 23.5 Å². The minimum atomic E-state index is -5.10. The number of pyridine rings is 1. The fraction of sp³-hybridized carbons (Fsp3) is 0.268. The molecule has 0 aliphatic heterocycles. The first-order valence-electron chi connectivity index (χ1n) is 18.5. The first kappa shape index (κ1) is 40.5. The van der Waals surface area contributed by atoms with E-state index < -0.39 is 81.0 Å². The van der Waals surface area contributed by atoms with Crippen LogP contribution in [0.15, 0.2) is 78.9 Å². The number of anilines is 1. The van der Waals surface area contributed by atoms with Gasteiger partial charge in [0.25, 0.3) is 5.92 Å². The molecule has 4 aromatic heterocycles. The number of hydrogen-bond acceptors (Lipinski definition) is 6. The molecule has 0 unspecified atom stereocenters. The van der Waals surface area contributed by atoms with E-state index >= 15 is 8.78 Å². The van der Waals surface area contributed by atoms with Crippen LogP contribution in [0.3, 0.4) is 0 Å². The standard InChI is InChI=1S/C41H35F7N8O3S/c1-20-21(2)40(44,45)38-34(20)37(41(46,47)48)52-56(38)19-33(57)50-32(15-22-13-24(42)16-25(43)14-22)35-28(17-30-31(51-35)18-29(49-30)23-9-6-5-7-10-23)26-11-8-12-27-36(26)55(3)53-39(27)54-60(4,58)59/h5-14,16-18,20-21,32,49H,15,19H2,1-4H3,(H,50,57)(H,53,54)/t20-,21+,32-/m0/s1. The van der Waals surface area contributed by atoms with Crippen molar-refractivity contribution < 1.29 is 43.9 Å². The van der Waals surface area contributed by atoms with Gasteiger partial charge in [0.05, 0.1) is 34.5 Å². The number of nitrogens with one attached hydrogen (secondary N) is 3. The molecule has 19 heteroatoms. The zero-order valence-corrected chi connectivity index (χ0v) is 33.0. The number of hydrogen-bond donors (Lipinski definition) is 3. The van der Waals surface area contributed by atoms with Gasteiger partial charge in [-0.15, -0.1) is 0 Å². The molecule has 4 heterocycles. The molecule has 1 aliphatic rings. The molecule has 0 saturated carbocycles. The number of H-pyrrole nitrogens is 1. The lowest BCUT2D eigenvalue weighted by Gasteiger charge is -2.23. The van der Waals surface area contributed by atoms with Crippen LogP contribution in [0, 0.1) is 17.6 Å². The monoisotopic (exact) mass is 852 g/mol. The van der Waals surface area contributed by atoms with E-state index in [4.69, 9.17) is 4.98 Å². The van der Waals surface area contributed by atoms with Crippen LogP contribution in [0.25, 0.3) is 44.3 Å². The average Bonchev–Trinajstić information content (AvgIpc) is 3.89. The molecule has 0 spiro atoms. The van der Waals surface area contributed by atoms with Crippen LogP contribution >= 0.6 is 0 Å². The molecule has 60 heavy (non-hydrogen) atoms. The molecule has 3 aromatic carbocycles. The molecule has 1 aliphatic carbocycles. The SMILES string of the molecule is C[C@@H]1c2c(C(F)(F)F)nn(CC(=O)N[C@@H](Cc3cc(F)cc(F)c3)c3nc4cc(-c5ccccc5)[nH]c4cc3-c3cccc4c(NS(C)(=O)=O)nn(C)c34)c2C(F)(F)[C@@H]1C. The number of para-hydroxylation sites is 1. The van der Waals surface area contributed by atoms with Crippen molar-refractivity contribution in [3.8, 4) is 22.4 Å². The highest BCUT2D eigenvalue weighted by atomic mass is 32.2. The summed E-state index contributed by atoms with van der Waals surface area (Å²) in [5, 5.41) is 11.0. The molecule has 1 amide bonds. The predicted molar refractivity (Wildman–Crippen MR) is 209 cm³/mol. The maximum Gasteiger partial charge on any atom is 0.435 e. The zero-order chi connectivity index (χ0) is 43.1. The van der Waals surface area contributed by atoms with Crippen molar-refractivity contribution in [3.05, 3.63) is 119 Å². The van der Waals surface area contributed by atoms with Gasteiger partial charge in [0, 0.05) is 46.8 Å². The Bertz CT molecular complexity index is 2920. The minimum Gasteiger partial charge on any atom is -0.353 e. The van der Waals surface area contributed by atoms with E-state index in [1.165, 1.54) is 11.6 Å². The van der Waals surface area contributed by atoms with Gasteiger partial charge in [-0.05, 0) is 53.8 Å². The molecule has 0 radical (unpaired) electrons. The van der Waals surface area contributed by atoms with Gasteiger partial charge in [-0.2, -0.15) is 32.1 Å². The summed E-state index contributed by atoms with van der Waals surface area (Å²) in [6.07, 6.45) is -4.47. The number of sulfonamides is 1. The molecule has 0 fully saturated rings. The summed E-state index contributed by atoms with van der Waals surface area (Å²) >= 11 is 0. The number of carbonyl (C=O) groups excluding carboxylic acids is 1. The molecule has 11 nitrogen and oxygen atoms in total. The summed E-state index contributed by atoms with van der Waals surface area (Å²) in [7, 11) is -2.20. The van der Waals surface area contributed by atoms with Crippen molar-refractivity contribution in [2.75, 3.05) is 11.0 Å². The first-order chi connectivity index (χ1) is 28.2. The van der Waals surface area contributed by atoms with Gasteiger partial charge in [0.1, 0.15) is 23.9 Å². The third-order valence-electron chi connectivity index (χ3n) is 10.8. The summed E-state index contributed by atoms with van der Waals surface area (Å²) in [4.78, 5) is 22.4. The normalized spacial score (nSPS) is 17.0. The topological polar surface area (TPSA) is 140 Å². The Labute approximate surface area is 337 Å². The van der Waals surface area contributed by atoms with E-state index in [1.807, 2.05) is 30.3 Å². The smallest absolute Gasteiger partial charge is 0.353 e. The van der Waals surface area contributed by atoms with E-state index in [9.17, 15) is 35.2 Å². The minimum absolute atomic E-state index is 0.0178. The van der Waals surface area contributed by atoms with Gasteiger partial charge in [-0.25, -0.2) is 22.2 Å². The Morgan fingerprint density at radius 3 is 2.32 bits per heavy atom. The van der Waals surface area contributed by atoms with Gasteiger partial charge in [0.2, 0.25) is 15.9 Å². The lowest BCUT2D eigenvalue weighted by atomic mass is 9.93. The quantitative estimate of drug-likeness (QED) is 0.118. The van der Waals surface area contributed by atoms with Gasteiger partial charge >= 0.3 is 6.18 Å². The second kappa shape index (κ2) is 14.5. The third-order valence-corrected chi connectivity index (χ3v) is 11.4. The van der Waals surface area contributed by atoms with Crippen LogP contribution < -0.4 is 10.0 Å². The second-order valence-electron chi connectivity index (χ2n) is 15.0. The van der Waals surface area contributed by atoms with Gasteiger partial charge < -0.3 is 10.3 Å². The van der Waals surface area contributed by atoms with E-state index in [0.29, 0.717) is 49.5 Å². The maximum atomic E-state index is 15.7. The molecule has 0 saturated heterocycles. The number of halogens is 7. The lowest BCUT2D eigenvalue weighted by molar-refractivity contribution is -0.143.